The molecule has 168 valence electrons. The van der Waals surface area contributed by atoms with Crippen LogP contribution in [0.1, 0.15) is 23.7 Å². The van der Waals surface area contributed by atoms with Crippen LogP contribution in [0.15, 0.2) is 89.3 Å². The molecule has 0 spiro atoms. The summed E-state index contributed by atoms with van der Waals surface area (Å²) in [5, 5.41) is 13.5. The molecule has 0 aliphatic rings. The summed E-state index contributed by atoms with van der Waals surface area (Å²) in [6.45, 7) is 5.56. The Labute approximate surface area is 191 Å². The lowest BCUT2D eigenvalue weighted by molar-refractivity contribution is -0.115. The highest BCUT2D eigenvalue weighted by molar-refractivity contribution is 5.99. The number of benzene rings is 2. The van der Waals surface area contributed by atoms with Gasteiger partial charge >= 0.3 is 0 Å². The van der Waals surface area contributed by atoms with Gasteiger partial charge in [0, 0.05) is 12.0 Å². The number of nitrogens with two attached hydrogens (primary N) is 1. The van der Waals surface area contributed by atoms with Gasteiger partial charge in [0.2, 0.25) is 5.91 Å². The van der Waals surface area contributed by atoms with E-state index in [-0.39, 0.29) is 24.1 Å². The van der Waals surface area contributed by atoms with Gasteiger partial charge in [-0.15, -0.1) is 10.2 Å². The van der Waals surface area contributed by atoms with Crippen LogP contribution in [0.3, 0.4) is 0 Å². The number of amides is 2. The average molecular weight is 444 g/mol. The topological polar surface area (TPSA) is 131 Å². The molecule has 0 aliphatic carbocycles. The van der Waals surface area contributed by atoms with Crippen LogP contribution in [0.2, 0.25) is 0 Å². The summed E-state index contributed by atoms with van der Waals surface area (Å²) in [5.74, 6) is 0.665. The van der Waals surface area contributed by atoms with Gasteiger partial charge < -0.3 is 21.1 Å². The Bertz CT molecular complexity index is 1180. The summed E-state index contributed by atoms with van der Waals surface area (Å²) in [6, 6.07) is 18.9. The number of allylic oxidation sites excluding steroid dienone is 1. The minimum absolute atomic E-state index is 0.0845. The number of pyridine rings is 1. The highest BCUT2D eigenvalue weighted by Gasteiger charge is 2.10. The van der Waals surface area contributed by atoms with Crippen molar-refractivity contribution in [2.45, 2.75) is 13.3 Å². The van der Waals surface area contributed by atoms with Crippen molar-refractivity contribution in [3.63, 3.8) is 0 Å². The third kappa shape index (κ3) is 6.73. The fourth-order valence-electron chi connectivity index (χ4n) is 2.62. The highest BCUT2D eigenvalue weighted by Crippen LogP contribution is 2.31. The number of aromatic nitrogens is 1. The Kier molecular flexibility index (Phi) is 7.85. The summed E-state index contributed by atoms with van der Waals surface area (Å²) in [7, 11) is 0. The van der Waals surface area contributed by atoms with E-state index >= 15 is 0 Å². The second-order valence-electron chi connectivity index (χ2n) is 6.86. The quantitative estimate of drug-likeness (QED) is 0.324. The van der Waals surface area contributed by atoms with E-state index in [9.17, 15) is 9.59 Å². The molecule has 0 bridgehead atoms. The molecule has 1 aromatic heterocycles. The van der Waals surface area contributed by atoms with Gasteiger partial charge in [-0.3, -0.25) is 9.59 Å². The molecule has 0 saturated heterocycles. The van der Waals surface area contributed by atoms with Crippen molar-refractivity contribution in [3.8, 4) is 5.75 Å². The second-order valence-corrected chi connectivity index (χ2v) is 6.86. The van der Waals surface area contributed by atoms with Crippen LogP contribution in [0, 0.1) is 0 Å². The maximum Gasteiger partial charge on any atom is 0.251 e. The van der Waals surface area contributed by atoms with Crippen molar-refractivity contribution in [2.24, 2.45) is 10.2 Å². The molecule has 0 aliphatic heterocycles. The lowest BCUT2D eigenvalue weighted by Crippen LogP contribution is -2.33. The van der Waals surface area contributed by atoms with E-state index in [0.717, 1.165) is 0 Å². The predicted molar refractivity (Wildman–Crippen MR) is 127 cm³/mol. The molecule has 9 heteroatoms. The van der Waals surface area contributed by atoms with Gasteiger partial charge in [-0.25, -0.2) is 4.98 Å². The van der Waals surface area contributed by atoms with E-state index in [0.29, 0.717) is 34.9 Å². The van der Waals surface area contributed by atoms with E-state index in [1.807, 2.05) is 19.1 Å². The number of nitrogens with one attached hydrogen (secondary N) is 2. The third-order valence-corrected chi connectivity index (χ3v) is 4.39. The Morgan fingerprint density at radius 1 is 1.00 bits per heavy atom. The maximum absolute atomic E-state index is 12.1. The van der Waals surface area contributed by atoms with E-state index in [4.69, 9.17) is 10.5 Å². The molecular weight excluding hydrogens is 420 g/mol. The second kappa shape index (κ2) is 11.2. The predicted octanol–water partition coefficient (Wildman–Crippen LogP) is 4.75. The van der Waals surface area contributed by atoms with Crippen LogP contribution >= 0.6 is 0 Å². The lowest BCUT2D eigenvalue weighted by Gasteiger charge is -2.09. The van der Waals surface area contributed by atoms with Crippen LogP contribution < -0.4 is 21.1 Å². The van der Waals surface area contributed by atoms with Gasteiger partial charge in [-0.2, -0.15) is 0 Å². The van der Waals surface area contributed by atoms with Gasteiger partial charge in [0.25, 0.3) is 5.91 Å². The number of azo groups is 1. The fraction of sp³-hybridized carbons (Fsp3) is 0.125. The average Bonchev–Trinajstić information content (AvgIpc) is 2.83. The summed E-state index contributed by atoms with van der Waals surface area (Å²) in [6.07, 6.45) is 0.672. The number of nitrogens with zero attached hydrogens (tertiary/aromatic N) is 3. The molecule has 2 aromatic carbocycles. The molecule has 1 heterocycles. The van der Waals surface area contributed by atoms with E-state index in [1.165, 1.54) is 0 Å². The Morgan fingerprint density at radius 2 is 1.70 bits per heavy atom. The number of carbonyl (C=O) groups is 2. The molecular formula is C24H24N6O3. The Morgan fingerprint density at radius 3 is 2.42 bits per heavy atom. The highest BCUT2D eigenvalue weighted by atomic mass is 16.5. The molecule has 0 saturated carbocycles. The standard InChI is InChI=1S/C24H24N6O3/c1-3-16(2)33-20-12-8-7-11-18(20)29-30-19-13-14-21(28-23(19)25)27-22(31)15-26-24(32)17-9-5-4-6-10-17/h4-14H,2-3,15H2,1H3,(H,26,32)(H3,25,27,28,31)/b30-29+. The minimum atomic E-state index is -0.442. The molecule has 3 aromatic rings. The third-order valence-electron chi connectivity index (χ3n) is 4.39. The smallest absolute Gasteiger partial charge is 0.251 e. The summed E-state index contributed by atoms with van der Waals surface area (Å²) in [4.78, 5) is 28.3. The number of anilines is 2. The monoisotopic (exact) mass is 444 g/mol. The van der Waals surface area contributed by atoms with Crippen molar-refractivity contribution < 1.29 is 14.3 Å². The number of ether oxygens (including phenoxy) is 1. The summed E-state index contributed by atoms with van der Waals surface area (Å²) < 4.78 is 5.67. The minimum Gasteiger partial charge on any atom is -0.460 e. The van der Waals surface area contributed by atoms with Gasteiger partial charge in [0.15, 0.2) is 11.6 Å². The number of nitrogen functional groups attached to an aromatic ring is 1. The molecule has 3 rings (SSSR count). The Hall–Kier alpha value is -4.53. The first kappa shape index (κ1) is 23.1. The largest absolute Gasteiger partial charge is 0.460 e. The molecule has 2 amide bonds. The zero-order valence-electron chi connectivity index (χ0n) is 18.1. The van der Waals surface area contributed by atoms with E-state index in [2.05, 4.69) is 32.4 Å². The fourth-order valence-corrected chi connectivity index (χ4v) is 2.62. The molecule has 4 N–H and O–H groups in total. The number of rotatable bonds is 9. The summed E-state index contributed by atoms with van der Waals surface area (Å²) >= 11 is 0. The van der Waals surface area contributed by atoms with Gasteiger partial charge in [-0.05, 0) is 36.4 Å². The molecule has 9 nitrogen and oxygen atoms in total. The number of hydrogen-bond donors (Lipinski definition) is 3. The normalized spacial score (nSPS) is 10.6. The van der Waals surface area contributed by atoms with Crippen LogP contribution in [-0.4, -0.2) is 23.3 Å². The first-order chi connectivity index (χ1) is 16.0. The van der Waals surface area contributed by atoms with Crippen molar-refractivity contribution >= 4 is 34.8 Å². The molecule has 33 heavy (non-hydrogen) atoms. The zero-order chi connectivity index (χ0) is 23.6. The molecule has 0 unspecified atom stereocenters. The van der Waals surface area contributed by atoms with Gasteiger partial charge in [0.05, 0.1) is 12.3 Å². The van der Waals surface area contributed by atoms with E-state index < -0.39 is 5.91 Å². The molecule has 0 radical (unpaired) electrons. The van der Waals surface area contributed by atoms with Crippen LogP contribution in [0.4, 0.5) is 23.0 Å². The van der Waals surface area contributed by atoms with E-state index in [1.54, 1.807) is 54.6 Å². The van der Waals surface area contributed by atoms with Gasteiger partial charge in [0.1, 0.15) is 17.2 Å². The van der Waals surface area contributed by atoms with Crippen LogP contribution in [-0.2, 0) is 4.79 Å². The van der Waals surface area contributed by atoms with Crippen molar-refractivity contribution in [1.82, 2.24) is 10.3 Å². The van der Waals surface area contributed by atoms with Crippen molar-refractivity contribution in [2.75, 3.05) is 17.6 Å². The molecule has 0 atom stereocenters. The van der Waals surface area contributed by atoms with Crippen molar-refractivity contribution in [1.29, 1.82) is 0 Å². The first-order valence-electron chi connectivity index (χ1n) is 10.2. The van der Waals surface area contributed by atoms with Crippen LogP contribution in [0.5, 0.6) is 5.75 Å². The number of carbonyl (C=O) groups excluding carboxylic acids is 2. The first-order valence-corrected chi connectivity index (χ1v) is 10.2. The lowest BCUT2D eigenvalue weighted by atomic mass is 10.2. The molecule has 0 fully saturated rings. The maximum atomic E-state index is 12.1. The zero-order valence-corrected chi connectivity index (χ0v) is 18.1. The number of hydrogen-bond acceptors (Lipinski definition) is 7. The Balaban J connectivity index is 1.60. The SMILES string of the molecule is C=C(CC)Oc1ccccc1/N=N/c1ccc(NC(=O)CNC(=O)c2ccccc2)nc1N. The number of para-hydroxylation sites is 1. The van der Waals surface area contributed by atoms with Crippen molar-refractivity contribution in [3.05, 3.63) is 84.6 Å². The van der Waals surface area contributed by atoms with Gasteiger partial charge in [-0.1, -0.05) is 43.8 Å². The summed E-state index contributed by atoms with van der Waals surface area (Å²) in [5.41, 5.74) is 7.27. The van der Waals surface area contributed by atoms with Crippen LogP contribution in [0.25, 0.3) is 0 Å².